The first-order valence-electron chi connectivity index (χ1n) is 8.27. The molecule has 0 bridgehead atoms. The molecule has 2 amide bonds. The largest absolute Gasteiger partial charge is 0.466 e. The number of hydrogen-bond donors (Lipinski definition) is 2. The van der Waals surface area contributed by atoms with Crippen LogP contribution in [0.5, 0.6) is 0 Å². The lowest BCUT2D eigenvalue weighted by molar-refractivity contribution is 0.0825. The van der Waals surface area contributed by atoms with Gasteiger partial charge in [-0.3, -0.25) is 20.4 Å². The van der Waals surface area contributed by atoms with E-state index in [2.05, 4.69) is 10.9 Å². The number of fused-ring (bicyclic) bond motifs is 1. The SMILES string of the molecule is CCOCc1c(C(=O)NNC(=O)c2cc(C)oc2C)oc2ccccc12. The molecule has 0 saturated carbocycles. The summed E-state index contributed by atoms with van der Waals surface area (Å²) in [7, 11) is 0. The minimum Gasteiger partial charge on any atom is -0.466 e. The molecule has 3 rings (SSSR count). The third-order valence-electron chi connectivity index (χ3n) is 3.93. The first-order chi connectivity index (χ1) is 12.5. The van der Waals surface area contributed by atoms with Crippen LogP contribution in [0.1, 0.15) is 44.9 Å². The van der Waals surface area contributed by atoms with Crippen molar-refractivity contribution >= 4 is 22.8 Å². The van der Waals surface area contributed by atoms with Gasteiger partial charge in [0, 0.05) is 17.6 Å². The Kier molecular flexibility index (Phi) is 5.09. The highest BCUT2D eigenvalue weighted by Gasteiger charge is 2.22. The van der Waals surface area contributed by atoms with Crippen LogP contribution in [0, 0.1) is 13.8 Å². The van der Waals surface area contributed by atoms with Crippen LogP contribution in [-0.4, -0.2) is 18.4 Å². The number of hydrogen-bond acceptors (Lipinski definition) is 5. The van der Waals surface area contributed by atoms with Gasteiger partial charge in [-0.05, 0) is 32.9 Å². The van der Waals surface area contributed by atoms with E-state index in [4.69, 9.17) is 13.6 Å². The predicted molar refractivity (Wildman–Crippen MR) is 94.7 cm³/mol. The van der Waals surface area contributed by atoms with Crippen molar-refractivity contribution < 1.29 is 23.2 Å². The first-order valence-corrected chi connectivity index (χ1v) is 8.27. The summed E-state index contributed by atoms with van der Waals surface area (Å²) in [6.45, 7) is 6.05. The highest BCUT2D eigenvalue weighted by atomic mass is 16.5. The van der Waals surface area contributed by atoms with Crippen molar-refractivity contribution in [3.63, 3.8) is 0 Å². The van der Waals surface area contributed by atoms with Crippen LogP contribution >= 0.6 is 0 Å². The summed E-state index contributed by atoms with van der Waals surface area (Å²) in [5.74, 6) is 0.197. The molecule has 0 aliphatic carbocycles. The van der Waals surface area contributed by atoms with Crippen LogP contribution in [0.2, 0.25) is 0 Å². The Labute approximate surface area is 150 Å². The molecule has 2 heterocycles. The van der Waals surface area contributed by atoms with Crippen molar-refractivity contribution in [1.29, 1.82) is 0 Å². The third-order valence-corrected chi connectivity index (χ3v) is 3.93. The second kappa shape index (κ2) is 7.45. The quantitative estimate of drug-likeness (QED) is 0.685. The molecule has 136 valence electrons. The number of hydrazine groups is 1. The zero-order valence-corrected chi connectivity index (χ0v) is 14.8. The van der Waals surface area contributed by atoms with Gasteiger partial charge in [0.2, 0.25) is 0 Å². The molecule has 0 unspecified atom stereocenters. The summed E-state index contributed by atoms with van der Waals surface area (Å²) in [6.07, 6.45) is 0. The molecule has 0 saturated heterocycles. The molecule has 7 nitrogen and oxygen atoms in total. The molecule has 0 atom stereocenters. The van der Waals surface area contributed by atoms with E-state index in [1.807, 2.05) is 25.1 Å². The van der Waals surface area contributed by atoms with Gasteiger partial charge in [-0.15, -0.1) is 0 Å². The van der Waals surface area contributed by atoms with Gasteiger partial charge in [0.05, 0.1) is 12.2 Å². The third kappa shape index (κ3) is 3.48. The maximum absolute atomic E-state index is 12.5. The molecule has 2 aromatic heterocycles. The van der Waals surface area contributed by atoms with Crippen LogP contribution in [0.3, 0.4) is 0 Å². The van der Waals surface area contributed by atoms with Gasteiger partial charge in [-0.1, -0.05) is 18.2 Å². The summed E-state index contributed by atoms with van der Waals surface area (Å²) in [5.41, 5.74) is 6.35. The van der Waals surface area contributed by atoms with E-state index in [0.29, 0.717) is 34.8 Å². The number of nitrogens with one attached hydrogen (secondary N) is 2. The Morgan fingerprint density at radius 3 is 2.50 bits per heavy atom. The summed E-state index contributed by atoms with van der Waals surface area (Å²) in [4.78, 5) is 24.7. The number of carbonyl (C=O) groups excluding carboxylic acids is 2. The second-order valence-electron chi connectivity index (χ2n) is 5.78. The van der Waals surface area contributed by atoms with Crippen molar-refractivity contribution in [2.24, 2.45) is 0 Å². The number of carbonyl (C=O) groups is 2. The molecule has 0 aliphatic heterocycles. The van der Waals surface area contributed by atoms with E-state index in [1.54, 1.807) is 26.0 Å². The normalized spacial score (nSPS) is 10.9. The van der Waals surface area contributed by atoms with Gasteiger partial charge in [-0.25, -0.2) is 0 Å². The molecule has 3 aromatic rings. The minimum absolute atomic E-state index is 0.111. The van der Waals surface area contributed by atoms with E-state index in [9.17, 15) is 9.59 Å². The number of aryl methyl sites for hydroxylation is 2. The lowest BCUT2D eigenvalue weighted by Gasteiger charge is -2.07. The average molecular weight is 356 g/mol. The molecular weight excluding hydrogens is 336 g/mol. The van der Waals surface area contributed by atoms with E-state index in [1.165, 1.54) is 0 Å². The molecule has 0 aliphatic rings. The lowest BCUT2D eigenvalue weighted by Crippen LogP contribution is -2.41. The van der Waals surface area contributed by atoms with Crippen molar-refractivity contribution in [2.75, 3.05) is 6.61 Å². The molecule has 26 heavy (non-hydrogen) atoms. The zero-order chi connectivity index (χ0) is 18.7. The van der Waals surface area contributed by atoms with Gasteiger partial charge >= 0.3 is 5.91 Å². The highest BCUT2D eigenvalue weighted by molar-refractivity contribution is 6.01. The Bertz CT molecular complexity index is 954. The van der Waals surface area contributed by atoms with Crippen LogP contribution in [-0.2, 0) is 11.3 Å². The minimum atomic E-state index is -0.554. The summed E-state index contributed by atoms with van der Waals surface area (Å²) < 4.78 is 16.4. The summed E-state index contributed by atoms with van der Waals surface area (Å²) >= 11 is 0. The van der Waals surface area contributed by atoms with Gasteiger partial charge < -0.3 is 13.6 Å². The zero-order valence-electron chi connectivity index (χ0n) is 14.8. The van der Waals surface area contributed by atoms with Crippen molar-refractivity contribution in [2.45, 2.75) is 27.4 Å². The lowest BCUT2D eigenvalue weighted by atomic mass is 10.1. The molecule has 0 spiro atoms. The standard InChI is InChI=1S/C19H20N2O5/c1-4-24-10-15-13-7-5-6-8-16(13)26-17(15)19(23)21-20-18(22)14-9-11(2)25-12(14)3/h5-9H,4,10H2,1-3H3,(H,20,22)(H,21,23). The number of rotatable bonds is 5. The average Bonchev–Trinajstić information content (AvgIpc) is 3.17. The van der Waals surface area contributed by atoms with Crippen LogP contribution in [0.25, 0.3) is 11.0 Å². The Morgan fingerprint density at radius 2 is 1.81 bits per heavy atom. The monoisotopic (exact) mass is 356 g/mol. The molecule has 0 fully saturated rings. The Balaban J connectivity index is 1.79. The van der Waals surface area contributed by atoms with Crippen LogP contribution in [0.4, 0.5) is 0 Å². The van der Waals surface area contributed by atoms with Crippen molar-refractivity contribution in [1.82, 2.24) is 10.9 Å². The number of para-hydroxylation sites is 1. The molecule has 1 aromatic carbocycles. The predicted octanol–water partition coefficient (Wildman–Crippen LogP) is 3.25. The molecule has 2 N–H and O–H groups in total. The van der Waals surface area contributed by atoms with Crippen LogP contribution < -0.4 is 10.9 Å². The number of furan rings is 2. The van der Waals surface area contributed by atoms with E-state index < -0.39 is 11.8 Å². The summed E-state index contributed by atoms with van der Waals surface area (Å²) in [5, 5.41) is 0.804. The number of amides is 2. The first kappa shape index (κ1) is 17.8. The van der Waals surface area contributed by atoms with Gasteiger partial charge in [0.15, 0.2) is 5.76 Å². The molecule has 7 heteroatoms. The van der Waals surface area contributed by atoms with Gasteiger partial charge in [0.25, 0.3) is 5.91 Å². The molecule has 0 radical (unpaired) electrons. The van der Waals surface area contributed by atoms with Crippen LogP contribution in [0.15, 0.2) is 39.2 Å². The summed E-state index contributed by atoms with van der Waals surface area (Å²) in [6, 6.07) is 8.93. The Morgan fingerprint density at radius 1 is 1.08 bits per heavy atom. The van der Waals surface area contributed by atoms with Gasteiger partial charge in [0.1, 0.15) is 17.1 Å². The maximum Gasteiger partial charge on any atom is 0.305 e. The highest BCUT2D eigenvalue weighted by Crippen LogP contribution is 2.26. The Hall–Kier alpha value is -3.06. The van der Waals surface area contributed by atoms with E-state index >= 15 is 0 Å². The van der Waals surface area contributed by atoms with Gasteiger partial charge in [-0.2, -0.15) is 0 Å². The van der Waals surface area contributed by atoms with Crippen molar-refractivity contribution in [3.05, 3.63) is 58.7 Å². The fraction of sp³-hybridized carbons (Fsp3) is 0.263. The fourth-order valence-electron chi connectivity index (χ4n) is 2.72. The number of ether oxygens (including phenoxy) is 1. The second-order valence-corrected chi connectivity index (χ2v) is 5.78. The van der Waals surface area contributed by atoms with E-state index in [-0.39, 0.29) is 12.4 Å². The smallest absolute Gasteiger partial charge is 0.305 e. The molecular formula is C19H20N2O5. The van der Waals surface area contributed by atoms with E-state index in [0.717, 1.165) is 5.39 Å². The number of benzene rings is 1. The topological polar surface area (TPSA) is 93.7 Å². The maximum atomic E-state index is 12.5. The fourth-order valence-corrected chi connectivity index (χ4v) is 2.72. The van der Waals surface area contributed by atoms with Crippen molar-refractivity contribution in [3.8, 4) is 0 Å².